The molecule has 1 fully saturated rings. The Hall–Kier alpha value is -1.31. The quantitative estimate of drug-likeness (QED) is 0.751. The molecule has 0 spiro atoms. The predicted molar refractivity (Wildman–Crippen MR) is 94.2 cm³/mol. The van der Waals surface area contributed by atoms with Crippen LogP contribution in [0.1, 0.15) is 30.4 Å². The summed E-state index contributed by atoms with van der Waals surface area (Å²) < 4.78 is 0. The van der Waals surface area contributed by atoms with E-state index in [1.165, 1.54) is 49.9 Å². The van der Waals surface area contributed by atoms with Crippen LogP contribution in [-0.2, 0) is 13.0 Å². The van der Waals surface area contributed by atoms with Crippen LogP contribution in [0.3, 0.4) is 0 Å². The Morgan fingerprint density at radius 3 is 2.45 bits per heavy atom. The first-order valence-electron chi connectivity index (χ1n) is 8.30. The Balaban J connectivity index is 1.61. The molecule has 0 N–H and O–H groups in total. The van der Waals surface area contributed by atoms with Gasteiger partial charge in [0.25, 0.3) is 0 Å². The lowest BCUT2D eigenvalue weighted by molar-refractivity contribution is 0.240. The first-order chi connectivity index (χ1) is 10.8. The number of hydrogen-bond acceptors (Lipinski definition) is 1. The van der Waals surface area contributed by atoms with Gasteiger partial charge in [-0.05, 0) is 55.0 Å². The molecule has 0 radical (unpaired) electrons. The molecule has 1 saturated heterocycles. The van der Waals surface area contributed by atoms with Crippen molar-refractivity contribution in [3.63, 3.8) is 0 Å². The summed E-state index contributed by atoms with van der Waals surface area (Å²) in [6.07, 6.45) is 5.23. The van der Waals surface area contributed by atoms with E-state index >= 15 is 0 Å². The summed E-state index contributed by atoms with van der Waals surface area (Å²) >= 11 is 5.98. The summed E-state index contributed by atoms with van der Waals surface area (Å²) in [5, 5.41) is 0.821. The number of rotatable bonds is 4. The van der Waals surface area contributed by atoms with Crippen LogP contribution in [0.5, 0.6) is 0 Å². The van der Waals surface area contributed by atoms with Gasteiger partial charge in [0.15, 0.2) is 0 Å². The standard InChI is InChI=1S/C20H24ClN/c21-20-11-9-18(10-12-20)15-22-13-5-4-8-19(16-22)14-17-6-2-1-3-7-17/h1-3,6-7,9-12,19H,4-5,8,13-16H2. The van der Waals surface area contributed by atoms with Crippen molar-refractivity contribution in [1.29, 1.82) is 0 Å². The van der Waals surface area contributed by atoms with Crippen molar-refractivity contribution in [2.45, 2.75) is 32.2 Å². The molecule has 1 heterocycles. The maximum Gasteiger partial charge on any atom is 0.0406 e. The van der Waals surface area contributed by atoms with Gasteiger partial charge in [-0.25, -0.2) is 0 Å². The summed E-state index contributed by atoms with van der Waals surface area (Å²) in [6, 6.07) is 19.2. The Morgan fingerprint density at radius 2 is 1.68 bits per heavy atom. The molecular weight excluding hydrogens is 290 g/mol. The van der Waals surface area contributed by atoms with Gasteiger partial charge in [0.2, 0.25) is 0 Å². The van der Waals surface area contributed by atoms with E-state index < -0.39 is 0 Å². The molecule has 1 aliphatic heterocycles. The Labute approximate surface area is 138 Å². The highest BCUT2D eigenvalue weighted by Gasteiger charge is 2.18. The van der Waals surface area contributed by atoms with Crippen molar-refractivity contribution in [2.24, 2.45) is 5.92 Å². The van der Waals surface area contributed by atoms with Crippen molar-refractivity contribution in [2.75, 3.05) is 13.1 Å². The number of nitrogens with zero attached hydrogens (tertiary/aromatic N) is 1. The summed E-state index contributed by atoms with van der Waals surface area (Å²) in [6.45, 7) is 3.47. The molecule has 0 saturated carbocycles. The van der Waals surface area contributed by atoms with Crippen LogP contribution in [0.4, 0.5) is 0 Å². The molecule has 22 heavy (non-hydrogen) atoms. The van der Waals surface area contributed by atoms with Gasteiger partial charge in [-0.15, -0.1) is 0 Å². The Kier molecular flexibility index (Phi) is 5.53. The largest absolute Gasteiger partial charge is 0.299 e. The minimum atomic E-state index is 0.775. The minimum absolute atomic E-state index is 0.775. The molecule has 2 heteroatoms. The zero-order chi connectivity index (χ0) is 15.2. The zero-order valence-corrected chi connectivity index (χ0v) is 13.8. The van der Waals surface area contributed by atoms with Crippen molar-refractivity contribution in [3.8, 4) is 0 Å². The molecule has 3 rings (SSSR count). The van der Waals surface area contributed by atoms with E-state index in [1.54, 1.807) is 0 Å². The summed E-state index contributed by atoms with van der Waals surface area (Å²) in [5.41, 5.74) is 2.84. The molecule has 0 bridgehead atoms. The number of benzene rings is 2. The van der Waals surface area contributed by atoms with E-state index in [-0.39, 0.29) is 0 Å². The second-order valence-electron chi connectivity index (χ2n) is 6.41. The average molecular weight is 314 g/mol. The van der Waals surface area contributed by atoms with Crippen molar-refractivity contribution in [3.05, 3.63) is 70.7 Å². The molecule has 2 aromatic rings. The molecular formula is C20H24ClN. The van der Waals surface area contributed by atoms with E-state index in [0.29, 0.717) is 0 Å². The van der Waals surface area contributed by atoms with Crippen molar-refractivity contribution in [1.82, 2.24) is 4.90 Å². The van der Waals surface area contributed by atoms with Crippen LogP contribution in [-0.4, -0.2) is 18.0 Å². The van der Waals surface area contributed by atoms with Crippen LogP contribution < -0.4 is 0 Å². The lowest BCUT2D eigenvalue weighted by Crippen LogP contribution is -2.28. The summed E-state index contributed by atoms with van der Waals surface area (Å²) in [7, 11) is 0. The van der Waals surface area contributed by atoms with Gasteiger partial charge in [0, 0.05) is 18.1 Å². The van der Waals surface area contributed by atoms with Crippen molar-refractivity contribution >= 4 is 11.6 Å². The van der Waals surface area contributed by atoms with Gasteiger partial charge in [0.05, 0.1) is 0 Å². The normalized spacial score (nSPS) is 19.8. The van der Waals surface area contributed by atoms with Crippen LogP contribution >= 0.6 is 11.6 Å². The van der Waals surface area contributed by atoms with Gasteiger partial charge in [-0.3, -0.25) is 4.90 Å². The molecule has 1 atom stereocenters. The van der Waals surface area contributed by atoms with E-state index in [0.717, 1.165) is 17.5 Å². The molecule has 1 nitrogen and oxygen atoms in total. The van der Waals surface area contributed by atoms with Crippen LogP contribution in [0.25, 0.3) is 0 Å². The third-order valence-corrected chi connectivity index (χ3v) is 4.79. The lowest BCUT2D eigenvalue weighted by Gasteiger charge is -2.24. The molecule has 2 aromatic carbocycles. The highest BCUT2D eigenvalue weighted by atomic mass is 35.5. The maximum atomic E-state index is 5.98. The second-order valence-corrected chi connectivity index (χ2v) is 6.85. The second kappa shape index (κ2) is 7.80. The molecule has 116 valence electrons. The monoisotopic (exact) mass is 313 g/mol. The molecule has 0 amide bonds. The molecule has 1 aliphatic rings. The Bertz CT molecular complexity index is 564. The third kappa shape index (κ3) is 4.59. The molecule has 0 aliphatic carbocycles. The number of likely N-dealkylation sites (tertiary alicyclic amines) is 1. The average Bonchev–Trinajstić information content (AvgIpc) is 2.76. The fourth-order valence-corrected chi connectivity index (χ4v) is 3.55. The first kappa shape index (κ1) is 15.6. The van der Waals surface area contributed by atoms with E-state index in [9.17, 15) is 0 Å². The molecule has 0 aromatic heterocycles. The first-order valence-corrected chi connectivity index (χ1v) is 8.68. The van der Waals surface area contributed by atoms with Gasteiger partial charge in [-0.1, -0.05) is 60.5 Å². The van der Waals surface area contributed by atoms with Gasteiger partial charge >= 0.3 is 0 Å². The lowest BCUT2D eigenvalue weighted by atomic mass is 9.95. The summed E-state index contributed by atoms with van der Waals surface area (Å²) in [4.78, 5) is 2.61. The van der Waals surface area contributed by atoms with Gasteiger partial charge < -0.3 is 0 Å². The van der Waals surface area contributed by atoms with E-state index in [2.05, 4.69) is 47.4 Å². The number of halogens is 1. The maximum absolute atomic E-state index is 5.98. The van der Waals surface area contributed by atoms with Crippen LogP contribution in [0.2, 0.25) is 5.02 Å². The predicted octanol–water partition coefficient (Wildman–Crippen LogP) is 5.18. The highest BCUT2D eigenvalue weighted by Crippen LogP contribution is 2.22. The smallest absolute Gasteiger partial charge is 0.0406 e. The van der Waals surface area contributed by atoms with Crippen LogP contribution in [0.15, 0.2) is 54.6 Å². The van der Waals surface area contributed by atoms with Gasteiger partial charge in [0.1, 0.15) is 0 Å². The van der Waals surface area contributed by atoms with Gasteiger partial charge in [-0.2, -0.15) is 0 Å². The third-order valence-electron chi connectivity index (χ3n) is 4.54. The highest BCUT2D eigenvalue weighted by molar-refractivity contribution is 6.30. The SMILES string of the molecule is Clc1ccc(CN2CCCCC(Cc3ccccc3)C2)cc1. The topological polar surface area (TPSA) is 3.24 Å². The summed E-state index contributed by atoms with van der Waals surface area (Å²) in [5.74, 6) is 0.775. The van der Waals surface area contributed by atoms with E-state index in [1.807, 2.05) is 12.1 Å². The minimum Gasteiger partial charge on any atom is -0.299 e. The Morgan fingerprint density at radius 1 is 0.909 bits per heavy atom. The fourth-order valence-electron chi connectivity index (χ4n) is 3.42. The zero-order valence-electron chi connectivity index (χ0n) is 13.0. The molecule has 1 unspecified atom stereocenters. The fraction of sp³-hybridized carbons (Fsp3) is 0.400. The van der Waals surface area contributed by atoms with E-state index in [4.69, 9.17) is 11.6 Å². The van der Waals surface area contributed by atoms with Crippen molar-refractivity contribution < 1.29 is 0 Å². The number of hydrogen-bond donors (Lipinski definition) is 0. The van der Waals surface area contributed by atoms with Crippen LogP contribution in [0, 0.1) is 5.92 Å².